The molecule has 0 saturated heterocycles. The van der Waals surface area contributed by atoms with Crippen molar-refractivity contribution >= 4 is 17.6 Å². The van der Waals surface area contributed by atoms with E-state index in [0.717, 1.165) is 17.7 Å². The maximum atomic E-state index is 12.2. The maximum Gasteiger partial charge on any atom is 0.337 e. The number of carboxylic acids is 1. The summed E-state index contributed by atoms with van der Waals surface area (Å²) in [6.45, 7) is 0.617. The first-order valence-electron chi connectivity index (χ1n) is 6.39. The molecule has 1 amide bonds. The molecule has 1 aromatic heterocycles. The zero-order chi connectivity index (χ0) is 14.8. The average molecular weight is 284 g/mol. The number of carbonyl (C=O) groups is 2. The second-order valence-corrected chi connectivity index (χ2v) is 4.60. The van der Waals surface area contributed by atoms with Crippen molar-refractivity contribution in [1.29, 1.82) is 0 Å². The number of carbonyl (C=O) groups excluding carboxylic acids is 1. The Balaban J connectivity index is 1.85. The highest BCUT2D eigenvalue weighted by Crippen LogP contribution is 2.26. The number of aromatic carboxylic acids is 1. The molecular formula is C15H12N2O4. The summed E-state index contributed by atoms with van der Waals surface area (Å²) in [6.07, 6.45) is 3.45. The quantitative estimate of drug-likeness (QED) is 0.899. The Kier molecular flexibility index (Phi) is 3.27. The van der Waals surface area contributed by atoms with E-state index in [-0.39, 0.29) is 17.2 Å². The molecule has 0 fully saturated rings. The van der Waals surface area contributed by atoms with Crippen molar-refractivity contribution in [1.82, 2.24) is 4.98 Å². The molecule has 0 spiro atoms. The standard InChI is InChI=1S/C15H12N2O4/c18-14(10-1-2-13-9(7-10)4-6-21-13)17-12-8-16-5-3-11(12)15(19)20/h1-3,5,7-8H,4,6H2,(H,17,18)(H,19,20). The lowest BCUT2D eigenvalue weighted by Gasteiger charge is -2.08. The van der Waals surface area contributed by atoms with E-state index in [0.29, 0.717) is 12.2 Å². The van der Waals surface area contributed by atoms with Gasteiger partial charge in [-0.1, -0.05) is 0 Å². The molecule has 2 N–H and O–H groups in total. The number of pyridine rings is 1. The normalized spacial score (nSPS) is 12.4. The van der Waals surface area contributed by atoms with Gasteiger partial charge in [-0.2, -0.15) is 0 Å². The van der Waals surface area contributed by atoms with Crippen molar-refractivity contribution in [3.05, 3.63) is 53.3 Å². The van der Waals surface area contributed by atoms with Crippen LogP contribution >= 0.6 is 0 Å². The van der Waals surface area contributed by atoms with Gasteiger partial charge in [0.05, 0.1) is 24.1 Å². The molecule has 2 aromatic rings. The predicted molar refractivity (Wildman–Crippen MR) is 74.8 cm³/mol. The third-order valence-electron chi connectivity index (χ3n) is 3.25. The molecule has 106 valence electrons. The van der Waals surface area contributed by atoms with Crippen LogP contribution in [0.25, 0.3) is 0 Å². The number of nitrogens with zero attached hydrogens (tertiary/aromatic N) is 1. The monoisotopic (exact) mass is 284 g/mol. The van der Waals surface area contributed by atoms with Crippen LogP contribution in [0.15, 0.2) is 36.7 Å². The van der Waals surface area contributed by atoms with Gasteiger partial charge < -0.3 is 15.2 Å². The van der Waals surface area contributed by atoms with Crippen molar-refractivity contribution in [3.63, 3.8) is 0 Å². The number of anilines is 1. The molecule has 1 aromatic carbocycles. The fourth-order valence-electron chi connectivity index (χ4n) is 2.20. The van der Waals surface area contributed by atoms with Crippen molar-refractivity contribution in [2.75, 3.05) is 11.9 Å². The summed E-state index contributed by atoms with van der Waals surface area (Å²) < 4.78 is 5.38. The molecule has 21 heavy (non-hydrogen) atoms. The minimum Gasteiger partial charge on any atom is -0.493 e. The Morgan fingerprint density at radius 3 is 2.95 bits per heavy atom. The van der Waals surface area contributed by atoms with E-state index in [1.807, 2.05) is 0 Å². The van der Waals surface area contributed by atoms with Crippen molar-refractivity contribution in [2.24, 2.45) is 0 Å². The zero-order valence-corrected chi connectivity index (χ0v) is 11.0. The number of hydrogen-bond donors (Lipinski definition) is 2. The first-order chi connectivity index (χ1) is 10.1. The van der Waals surface area contributed by atoms with Crippen LogP contribution in [-0.4, -0.2) is 28.6 Å². The molecule has 1 aliphatic heterocycles. The van der Waals surface area contributed by atoms with Crippen LogP contribution in [-0.2, 0) is 6.42 Å². The summed E-state index contributed by atoms with van der Waals surface area (Å²) >= 11 is 0. The summed E-state index contributed by atoms with van der Waals surface area (Å²) in [7, 11) is 0. The van der Waals surface area contributed by atoms with E-state index in [4.69, 9.17) is 9.84 Å². The van der Waals surface area contributed by atoms with Crippen LogP contribution in [0.2, 0.25) is 0 Å². The van der Waals surface area contributed by atoms with E-state index in [2.05, 4.69) is 10.3 Å². The highest BCUT2D eigenvalue weighted by Gasteiger charge is 2.17. The molecular weight excluding hydrogens is 272 g/mol. The second-order valence-electron chi connectivity index (χ2n) is 4.60. The van der Waals surface area contributed by atoms with Gasteiger partial charge in [0.25, 0.3) is 5.91 Å². The van der Waals surface area contributed by atoms with Gasteiger partial charge in [-0.25, -0.2) is 4.79 Å². The number of nitrogens with one attached hydrogen (secondary N) is 1. The van der Waals surface area contributed by atoms with Crippen molar-refractivity contribution in [3.8, 4) is 5.75 Å². The van der Waals surface area contributed by atoms with Crippen LogP contribution in [0, 0.1) is 0 Å². The maximum absolute atomic E-state index is 12.2. The van der Waals surface area contributed by atoms with Gasteiger partial charge in [0.2, 0.25) is 0 Å². The molecule has 0 radical (unpaired) electrons. The number of benzene rings is 1. The summed E-state index contributed by atoms with van der Waals surface area (Å²) in [5.41, 5.74) is 1.61. The number of ether oxygens (including phenoxy) is 1. The zero-order valence-electron chi connectivity index (χ0n) is 11.0. The number of carboxylic acid groups (broad SMARTS) is 1. The highest BCUT2D eigenvalue weighted by atomic mass is 16.5. The summed E-state index contributed by atoms with van der Waals surface area (Å²) in [4.78, 5) is 27.1. The molecule has 0 aliphatic carbocycles. The fraction of sp³-hybridized carbons (Fsp3) is 0.133. The van der Waals surface area contributed by atoms with Crippen LogP contribution in [0.4, 0.5) is 5.69 Å². The lowest BCUT2D eigenvalue weighted by molar-refractivity contribution is 0.0698. The van der Waals surface area contributed by atoms with E-state index in [1.165, 1.54) is 18.5 Å². The van der Waals surface area contributed by atoms with Crippen LogP contribution in [0.1, 0.15) is 26.3 Å². The second kappa shape index (κ2) is 5.24. The molecule has 3 rings (SSSR count). The Labute approximate surface area is 120 Å². The summed E-state index contributed by atoms with van der Waals surface area (Å²) in [5, 5.41) is 11.7. The average Bonchev–Trinajstić information content (AvgIpc) is 2.94. The SMILES string of the molecule is O=C(Nc1cnccc1C(=O)O)c1ccc2c(c1)CCO2. The Morgan fingerprint density at radius 1 is 1.29 bits per heavy atom. The lowest BCUT2D eigenvalue weighted by atomic mass is 10.1. The van der Waals surface area contributed by atoms with Crippen LogP contribution in [0.5, 0.6) is 5.75 Å². The number of fused-ring (bicyclic) bond motifs is 1. The predicted octanol–water partition coefficient (Wildman–Crippen LogP) is 1.97. The topological polar surface area (TPSA) is 88.5 Å². The van der Waals surface area contributed by atoms with Crippen molar-refractivity contribution < 1.29 is 19.4 Å². The highest BCUT2D eigenvalue weighted by molar-refractivity contribution is 6.07. The molecule has 0 saturated carbocycles. The van der Waals surface area contributed by atoms with Crippen LogP contribution in [0.3, 0.4) is 0 Å². The van der Waals surface area contributed by atoms with Crippen molar-refractivity contribution in [2.45, 2.75) is 6.42 Å². The summed E-state index contributed by atoms with van der Waals surface area (Å²) in [6, 6.07) is 6.50. The van der Waals surface area contributed by atoms with Gasteiger partial charge in [-0.15, -0.1) is 0 Å². The third kappa shape index (κ3) is 2.55. The largest absolute Gasteiger partial charge is 0.493 e. The Bertz CT molecular complexity index is 727. The molecule has 6 nitrogen and oxygen atoms in total. The van der Waals surface area contributed by atoms with Gasteiger partial charge in [0, 0.05) is 18.2 Å². The lowest BCUT2D eigenvalue weighted by Crippen LogP contribution is -2.15. The number of hydrogen-bond acceptors (Lipinski definition) is 4. The first kappa shape index (κ1) is 13.1. The molecule has 0 unspecified atom stereocenters. The molecule has 6 heteroatoms. The first-order valence-corrected chi connectivity index (χ1v) is 6.39. The number of amides is 1. The van der Waals surface area contributed by atoms with Crippen LogP contribution < -0.4 is 10.1 Å². The number of aromatic nitrogens is 1. The minimum atomic E-state index is -1.12. The molecule has 0 atom stereocenters. The molecule has 1 aliphatic rings. The molecule has 0 bridgehead atoms. The van der Waals surface area contributed by atoms with E-state index in [1.54, 1.807) is 18.2 Å². The minimum absolute atomic E-state index is 0.00263. The van der Waals surface area contributed by atoms with E-state index < -0.39 is 5.97 Å². The van der Waals surface area contributed by atoms with E-state index in [9.17, 15) is 9.59 Å². The van der Waals surface area contributed by atoms with Gasteiger partial charge >= 0.3 is 5.97 Å². The fourth-order valence-corrected chi connectivity index (χ4v) is 2.20. The van der Waals surface area contributed by atoms with Gasteiger partial charge in [0.1, 0.15) is 5.75 Å². The smallest absolute Gasteiger partial charge is 0.337 e. The summed E-state index contributed by atoms with van der Waals surface area (Å²) in [5.74, 6) is -0.700. The van der Waals surface area contributed by atoms with Gasteiger partial charge in [0.15, 0.2) is 0 Å². The van der Waals surface area contributed by atoms with Gasteiger partial charge in [-0.05, 0) is 29.8 Å². The Morgan fingerprint density at radius 2 is 2.14 bits per heavy atom. The van der Waals surface area contributed by atoms with E-state index >= 15 is 0 Å². The van der Waals surface area contributed by atoms with Gasteiger partial charge in [-0.3, -0.25) is 9.78 Å². The number of rotatable bonds is 3. The Hall–Kier alpha value is -2.89. The third-order valence-corrected chi connectivity index (χ3v) is 3.25. The molecule has 2 heterocycles.